The van der Waals surface area contributed by atoms with Gasteiger partial charge in [-0.1, -0.05) is 13.8 Å². The Labute approximate surface area is 199 Å². The summed E-state index contributed by atoms with van der Waals surface area (Å²) in [5, 5.41) is 0. The van der Waals surface area contributed by atoms with Gasteiger partial charge < -0.3 is 16.2 Å². The minimum absolute atomic E-state index is 0.0120. The topological polar surface area (TPSA) is 171 Å². The van der Waals surface area contributed by atoms with E-state index in [4.69, 9.17) is 11.5 Å². The fourth-order valence-electron chi connectivity index (χ4n) is 2.66. The van der Waals surface area contributed by atoms with Crippen LogP contribution >= 0.6 is 0 Å². The van der Waals surface area contributed by atoms with Crippen molar-refractivity contribution in [2.24, 2.45) is 0 Å². The lowest BCUT2D eigenvalue weighted by molar-refractivity contribution is 0.0601. The predicted molar refractivity (Wildman–Crippen MR) is 132 cm³/mol. The molecule has 0 heterocycles. The molecule has 0 fully saturated rings. The number of benzene rings is 3. The lowest BCUT2D eigenvalue weighted by Gasteiger charge is -2.16. The number of nitrogens with two attached hydrogens (primary N) is 2. The van der Waals surface area contributed by atoms with Crippen LogP contribution in [0.5, 0.6) is 0 Å². The standard InChI is InChI=1S/C20H20N4O6S2.C2H6/c1-30-20(25)13-2-11-18(23-31(26,27)16-7-3-14(21)4-8-16)19(12-13)24-32(28,29)17-9-5-15(22)6-10-17;1-2/h2-12,23-24H,21-22H2,1H3;1-2H3. The molecule has 3 rings (SSSR count). The second kappa shape index (κ2) is 10.9. The zero-order valence-corrected chi connectivity index (χ0v) is 20.4. The minimum Gasteiger partial charge on any atom is -0.465 e. The van der Waals surface area contributed by atoms with Crippen molar-refractivity contribution < 1.29 is 26.4 Å². The maximum absolute atomic E-state index is 12.8. The van der Waals surface area contributed by atoms with E-state index in [1.54, 1.807) is 0 Å². The number of carbonyl (C=O) groups excluding carboxylic acids is 1. The number of ether oxygens (including phenoxy) is 1. The predicted octanol–water partition coefficient (Wildman–Crippen LogP) is 3.27. The van der Waals surface area contributed by atoms with Crippen LogP contribution in [0.3, 0.4) is 0 Å². The summed E-state index contributed by atoms with van der Waals surface area (Å²) >= 11 is 0. The molecule has 0 bridgehead atoms. The normalized spacial score (nSPS) is 11.0. The molecule has 3 aromatic carbocycles. The van der Waals surface area contributed by atoms with Gasteiger partial charge in [0.25, 0.3) is 20.0 Å². The third kappa shape index (κ3) is 6.39. The highest BCUT2D eigenvalue weighted by molar-refractivity contribution is 7.93. The number of sulfonamides is 2. The van der Waals surface area contributed by atoms with E-state index >= 15 is 0 Å². The Morgan fingerprint density at radius 3 is 1.53 bits per heavy atom. The van der Waals surface area contributed by atoms with Gasteiger partial charge in [0, 0.05) is 11.4 Å². The van der Waals surface area contributed by atoms with Crippen LogP contribution in [-0.4, -0.2) is 29.9 Å². The monoisotopic (exact) mass is 506 g/mol. The minimum atomic E-state index is -4.14. The van der Waals surface area contributed by atoms with Crippen LogP contribution in [0.25, 0.3) is 0 Å². The average Bonchev–Trinajstić information content (AvgIpc) is 2.81. The smallest absolute Gasteiger partial charge is 0.337 e. The number of rotatable bonds is 7. The van der Waals surface area contributed by atoms with E-state index in [0.717, 1.165) is 7.11 Å². The number of nitrogen functional groups attached to an aromatic ring is 2. The maximum Gasteiger partial charge on any atom is 0.337 e. The summed E-state index contributed by atoms with van der Waals surface area (Å²) in [5.74, 6) is -0.731. The Hall–Kier alpha value is -3.77. The van der Waals surface area contributed by atoms with Crippen molar-refractivity contribution in [3.63, 3.8) is 0 Å². The first-order chi connectivity index (χ1) is 16.0. The zero-order valence-electron chi connectivity index (χ0n) is 18.8. The molecular formula is C22H26N4O6S2. The summed E-state index contributed by atoms with van der Waals surface area (Å²) in [6, 6.07) is 14.6. The van der Waals surface area contributed by atoms with Gasteiger partial charge in [0.05, 0.1) is 33.8 Å². The van der Waals surface area contributed by atoms with Gasteiger partial charge in [-0.05, 0) is 66.7 Å². The highest BCUT2D eigenvalue weighted by atomic mass is 32.2. The Kier molecular flexibility index (Phi) is 8.49. The SMILES string of the molecule is CC.COC(=O)c1ccc(NS(=O)(=O)c2ccc(N)cc2)c(NS(=O)(=O)c2ccc(N)cc2)c1. The van der Waals surface area contributed by atoms with Crippen LogP contribution < -0.4 is 20.9 Å². The Morgan fingerprint density at radius 2 is 1.12 bits per heavy atom. The van der Waals surface area contributed by atoms with Gasteiger partial charge in [-0.25, -0.2) is 21.6 Å². The molecule has 6 N–H and O–H groups in total. The second-order valence-corrected chi connectivity index (χ2v) is 9.97. The molecule has 0 atom stereocenters. The van der Waals surface area contributed by atoms with Crippen LogP contribution in [0, 0.1) is 0 Å². The molecule has 0 aliphatic rings. The molecule has 0 radical (unpaired) electrons. The van der Waals surface area contributed by atoms with Crippen molar-refractivity contribution in [2.45, 2.75) is 23.6 Å². The van der Waals surface area contributed by atoms with Crippen molar-refractivity contribution in [3.8, 4) is 0 Å². The molecule has 0 saturated carbocycles. The first-order valence-electron chi connectivity index (χ1n) is 10.0. The summed E-state index contributed by atoms with van der Waals surface area (Å²) in [7, 11) is -7.06. The fourth-order valence-corrected chi connectivity index (χ4v) is 4.81. The lowest BCUT2D eigenvalue weighted by Crippen LogP contribution is -2.18. The number of esters is 1. The van der Waals surface area contributed by atoms with Crippen LogP contribution in [0.2, 0.25) is 0 Å². The third-order valence-corrected chi connectivity index (χ3v) is 7.07. The van der Waals surface area contributed by atoms with E-state index < -0.39 is 26.0 Å². The second-order valence-electron chi connectivity index (χ2n) is 6.60. The summed E-state index contributed by atoms with van der Waals surface area (Å²) in [6.45, 7) is 4.00. The van der Waals surface area contributed by atoms with Crippen molar-refractivity contribution in [2.75, 3.05) is 28.0 Å². The van der Waals surface area contributed by atoms with E-state index in [1.165, 1.54) is 66.7 Å². The molecule has 12 heteroatoms. The van der Waals surface area contributed by atoms with E-state index in [2.05, 4.69) is 14.2 Å². The first kappa shape index (κ1) is 26.5. The summed E-state index contributed by atoms with van der Waals surface area (Å²) in [5.41, 5.74) is 11.7. The van der Waals surface area contributed by atoms with Crippen molar-refractivity contribution in [1.82, 2.24) is 0 Å². The highest BCUT2D eigenvalue weighted by Gasteiger charge is 2.21. The van der Waals surface area contributed by atoms with Crippen LogP contribution in [0.1, 0.15) is 24.2 Å². The number of carbonyl (C=O) groups is 1. The van der Waals surface area contributed by atoms with Gasteiger partial charge in [0.2, 0.25) is 0 Å². The molecule has 34 heavy (non-hydrogen) atoms. The molecule has 0 aliphatic heterocycles. The molecular weight excluding hydrogens is 480 g/mol. The molecule has 0 unspecified atom stereocenters. The zero-order chi connectivity index (χ0) is 25.5. The third-order valence-electron chi connectivity index (χ3n) is 4.31. The molecule has 0 aliphatic carbocycles. The number of anilines is 4. The number of nitrogens with one attached hydrogen (secondary N) is 2. The largest absolute Gasteiger partial charge is 0.465 e. The van der Waals surface area contributed by atoms with Gasteiger partial charge in [-0.3, -0.25) is 9.44 Å². The fraction of sp³-hybridized carbons (Fsp3) is 0.136. The van der Waals surface area contributed by atoms with E-state index in [1.807, 2.05) is 13.8 Å². The maximum atomic E-state index is 12.8. The van der Waals surface area contributed by atoms with Crippen molar-refractivity contribution >= 4 is 48.8 Å². The van der Waals surface area contributed by atoms with E-state index in [0.29, 0.717) is 11.4 Å². The Balaban J connectivity index is 0.00000199. The molecule has 10 nitrogen and oxygen atoms in total. The number of hydrogen-bond donors (Lipinski definition) is 4. The van der Waals surface area contributed by atoms with Gasteiger partial charge in [0.1, 0.15) is 0 Å². The summed E-state index contributed by atoms with van der Waals surface area (Å²) in [6.07, 6.45) is 0. The first-order valence-corrected chi connectivity index (χ1v) is 13.0. The van der Waals surface area contributed by atoms with Crippen LogP contribution in [0.15, 0.2) is 76.5 Å². The van der Waals surface area contributed by atoms with E-state index in [9.17, 15) is 21.6 Å². The molecule has 0 aromatic heterocycles. The Morgan fingerprint density at radius 1 is 0.706 bits per heavy atom. The van der Waals surface area contributed by atoms with Gasteiger partial charge in [-0.2, -0.15) is 0 Å². The van der Waals surface area contributed by atoms with Gasteiger partial charge in [-0.15, -0.1) is 0 Å². The summed E-state index contributed by atoms with van der Waals surface area (Å²) < 4.78 is 60.5. The van der Waals surface area contributed by atoms with Crippen molar-refractivity contribution in [3.05, 3.63) is 72.3 Å². The number of methoxy groups -OCH3 is 1. The van der Waals surface area contributed by atoms with E-state index in [-0.39, 0.29) is 26.7 Å². The van der Waals surface area contributed by atoms with Crippen LogP contribution in [0.4, 0.5) is 22.7 Å². The average molecular weight is 507 g/mol. The van der Waals surface area contributed by atoms with Gasteiger partial charge >= 0.3 is 5.97 Å². The molecule has 0 amide bonds. The highest BCUT2D eigenvalue weighted by Crippen LogP contribution is 2.29. The molecule has 0 saturated heterocycles. The lowest BCUT2D eigenvalue weighted by atomic mass is 10.2. The quantitative estimate of drug-likeness (QED) is 0.279. The molecule has 3 aromatic rings. The number of hydrogen-bond acceptors (Lipinski definition) is 8. The van der Waals surface area contributed by atoms with Gasteiger partial charge in [0.15, 0.2) is 0 Å². The summed E-state index contributed by atoms with van der Waals surface area (Å²) in [4.78, 5) is 11.7. The van der Waals surface area contributed by atoms with Crippen molar-refractivity contribution in [1.29, 1.82) is 0 Å². The van der Waals surface area contributed by atoms with Crippen LogP contribution in [-0.2, 0) is 24.8 Å². The molecule has 0 spiro atoms. The Bertz CT molecular complexity index is 1360. The molecule has 182 valence electrons.